The standard InChI is InChI=1S/C20H24N2O4/c21-20(24)22-14-8-2-5-13-19(23)25-15-16-9-6-7-12-18(16)26-17-10-3-1-4-11-17/h1,3-4,6-7,9-12H,2,5,8,13-15H2,(H3,21,22,24). The molecule has 138 valence electrons. The molecule has 0 fully saturated rings. The average Bonchev–Trinajstić information content (AvgIpc) is 2.64. The van der Waals surface area contributed by atoms with Gasteiger partial charge in [0.2, 0.25) is 0 Å². The number of urea groups is 1. The Balaban J connectivity index is 1.73. The van der Waals surface area contributed by atoms with E-state index in [2.05, 4.69) is 5.32 Å². The van der Waals surface area contributed by atoms with Crippen molar-refractivity contribution < 1.29 is 19.1 Å². The monoisotopic (exact) mass is 356 g/mol. The highest BCUT2D eigenvalue weighted by molar-refractivity contribution is 5.71. The molecular weight excluding hydrogens is 332 g/mol. The zero-order valence-electron chi connectivity index (χ0n) is 14.6. The molecule has 2 rings (SSSR count). The number of benzene rings is 2. The van der Waals surface area contributed by atoms with Gasteiger partial charge in [0, 0.05) is 18.5 Å². The fourth-order valence-electron chi connectivity index (χ4n) is 2.35. The summed E-state index contributed by atoms with van der Waals surface area (Å²) in [6.45, 7) is 0.694. The molecule has 0 bridgehead atoms. The second kappa shape index (κ2) is 10.8. The van der Waals surface area contributed by atoms with Crippen LogP contribution in [0.3, 0.4) is 0 Å². The molecule has 0 radical (unpaired) electrons. The number of hydrogen-bond acceptors (Lipinski definition) is 4. The molecule has 0 aliphatic heterocycles. The maximum absolute atomic E-state index is 11.9. The van der Waals surface area contributed by atoms with Crippen molar-refractivity contribution in [2.75, 3.05) is 6.54 Å². The lowest BCUT2D eigenvalue weighted by atomic mass is 10.2. The first-order chi connectivity index (χ1) is 12.6. The molecule has 2 amide bonds. The number of carbonyl (C=O) groups is 2. The van der Waals surface area contributed by atoms with Gasteiger partial charge in [-0.3, -0.25) is 4.79 Å². The van der Waals surface area contributed by atoms with Crippen molar-refractivity contribution in [3.63, 3.8) is 0 Å². The Labute approximate surface area is 153 Å². The van der Waals surface area contributed by atoms with Crippen LogP contribution in [0.4, 0.5) is 4.79 Å². The van der Waals surface area contributed by atoms with E-state index in [-0.39, 0.29) is 12.6 Å². The van der Waals surface area contributed by atoms with Gasteiger partial charge in [0.25, 0.3) is 0 Å². The normalized spacial score (nSPS) is 10.2. The van der Waals surface area contributed by atoms with E-state index in [1.165, 1.54) is 0 Å². The van der Waals surface area contributed by atoms with Crippen LogP contribution in [0, 0.1) is 0 Å². The van der Waals surface area contributed by atoms with Gasteiger partial charge in [-0.15, -0.1) is 0 Å². The third-order valence-electron chi connectivity index (χ3n) is 3.69. The van der Waals surface area contributed by atoms with Gasteiger partial charge < -0.3 is 20.5 Å². The summed E-state index contributed by atoms with van der Waals surface area (Å²) < 4.78 is 11.2. The van der Waals surface area contributed by atoms with Crippen molar-refractivity contribution >= 4 is 12.0 Å². The van der Waals surface area contributed by atoms with E-state index in [1.54, 1.807) is 0 Å². The van der Waals surface area contributed by atoms with Crippen molar-refractivity contribution in [2.45, 2.75) is 32.3 Å². The van der Waals surface area contributed by atoms with Crippen molar-refractivity contribution in [3.05, 3.63) is 60.2 Å². The van der Waals surface area contributed by atoms with Crippen LogP contribution < -0.4 is 15.8 Å². The smallest absolute Gasteiger partial charge is 0.312 e. The van der Waals surface area contributed by atoms with Gasteiger partial charge in [-0.2, -0.15) is 0 Å². The van der Waals surface area contributed by atoms with Crippen LogP contribution in [-0.2, 0) is 16.1 Å². The molecule has 0 atom stereocenters. The number of unbranched alkanes of at least 4 members (excludes halogenated alkanes) is 2. The highest BCUT2D eigenvalue weighted by Gasteiger charge is 2.08. The summed E-state index contributed by atoms with van der Waals surface area (Å²) >= 11 is 0. The summed E-state index contributed by atoms with van der Waals surface area (Å²) in [5.41, 5.74) is 5.79. The molecule has 6 heteroatoms. The van der Waals surface area contributed by atoms with E-state index in [1.807, 2.05) is 54.6 Å². The van der Waals surface area contributed by atoms with Crippen LogP contribution in [0.25, 0.3) is 0 Å². The van der Waals surface area contributed by atoms with Gasteiger partial charge in [0.1, 0.15) is 18.1 Å². The summed E-state index contributed by atoms with van der Waals surface area (Å²) in [5, 5.41) is 2.52. The lowest BCUT2D eigenvalue weighted by Crippen LogP contribution is -2.29. The maximum atomic E-state index is 11.9. The van der Waals surface area contributed by atoms with Crippen LogP contribution >= 0.6 is 0 Å². The fraction of sp³-hybridized carbons (Fsp3) is 0.300. The number of ether oxygens (including phenoxy) is 2. The van der Waals surface area contributed by atoms with Crippen molar-refractivity contribution in [2.24, 2.45) is 5.73 Å². The Morgan fingerprint density at radius 3 is 2.42 bits per heavy atom. The summed E-state index contributed by atoms with van der Waals surface area (Å²) in [6, 6.07) is 16.4. The van der Waals surface area contributed by atoms with Crippen molar-refractivity contribution in [1.29, 1.82) is 0 Å². The molecule has 0 aliphatic carbocycles. The molecule has 0 saturated carbocycles. The van der Waals surface area contributed by atoms with Crippen molar-refractivity contribution in [3.8, 4) is 11.5 Å². The quantitative estimate of drug-likeness (QED) is 0.501. The first-order valence-electron chi connectivity index (χ1n) is 8.65. The molecule has 0 heterocycles. The van der Waals surface area contributed by atoms with Gasteiger partial charge >= 0.3 is 12.0 Å². The lowest BCUT2D eigenvalue weighted by molar-refractivity contribution is -0.145. The van der Waals surface area contributed by atoms with Crippen LogP contribution in [0.15, 0.2) is 54.6 Å². The number of nitrogens with two attached hydrogens (primary N) is 1. The van der Waals surface area contributed by atoms with E-state index < -0.39 is 6.03 Å². The maximum Gasteiger partial charge on any atom is 0.312 e. The predicted molar refractivity (Wildman–Crippen MR) is 98.8 cm³/mol. The summed E-state index contributed by atoms with van der Waals surface area (Å²) in [4.78, 5) is 22.4. The number of hydrogen-bond donors (Lipinski definition) is 2. The summed E-state index contributed by atoms with van der Waals surface area (Å²) in [6.07, 6.45) is 2.66. The minimum atomic E-state index is -0.527. The second-order valence-corrected chi connectivity index (χ2v) is 5.79. The number of para-hydroxylation sites is 2. The minimum Gasteiger partial charge on any atom is -0.461 e. The van der Waals surface area contributed by atoms with Crippen LogP contribution in [0.2, 0.25) is 0 Å². The third-order valence-corrected chi connectivity index (χ3v) is 3.69. The molecule has 26 heavy (non-hydrogen) atoms. The van der Waals surface area contributed by atoms with E-state index in [0.717, 1.165) is 24.2 Å². The Kier molecular flexibility index (Phi) is 7.99. The van der Waals surface area contributed by atoms with Crippen LogP contribution in [0.1, 0.15) is 31.2 Å². The molecule has 0 aromatic heterocycles. The number of esters is 1. The van der Waals surface area contributed by atoms with Gasteiger partial charge in [0.05, 0.1) is 0 Å². The van der Waals surface area contributed by atoms with Gasteiger partial charge in [0.15, 0.2) is 0 Å². The minimum absolute atomic E-state index is 0.172. The zero-order valence-corrected chi connectivity index (χ0v) is 14.6. The highest BCUT2D eigenvalue weighted by Crippen LogP contribution is 2.25. The van der Waals surface area contributed by atoms with E-state index in [0.29, 0.717) is 25.1 Å². The summed E-state index contributed by atoms with van der Waals surface area (Å²) in [5.74, 6) is 1.15. The molecule has 2 aromatic carbocycles. The molecule has 0 unspecified atom stereocenters. The predicted octanol–water partition coefficient (Wildman–Crippen LogP) is 3.75. The number of amides is 2. The molecule has 3 N–H and O–H groups in total. The topological polar surface area (TPSA) is 90.7 Å². The molecule has 6 nitrogen and oxygen atoms in total. The SMILES string of the molecule is NC(=O)NCCCCCC(=O)OCc1ccccc1Oc1ccccc1. The van der Waals surface area contributed by atoms with E-state index in [9.17, 15) is 9.59 Å². The van der Waals surface area contributed by atoms with Gasteiger partial charge in [-0.25, -0.2) is 4.79 Å². The van der Waals surface area contributed by atoms with Gasteiger partial charge in [-0.05, 0) is 31.0 Å². The molecule has 0 aliphatic rings. The fourth-order valence-corrected chi connectivity index (χ4v) is 2.35. The number of primary amides is 1. The Morgan fingerprint density at radius 1 is 0.923 bits per heavy atom. The highest BCUT2D eigenvalue weighted by atomic mass is 16.5. The molecular formula is C20H24N2O4. The van der Waals surface area contributed by atoms with E-state index >= 15 is 0 Å². The molecule has 2 aromatic rings. The number of rotatable bonds is 10. The first kappa shape index (κ1) is 19.3. The number of nitrogens with one attached hydrogen (secondary N) is 1. The third kappa shape index (κ3) is 7.25. The molecule has 0 spiro atoms. The lowest BCUT2D eigenvalue weighted by Gasteiger charge is -2.11. The van der Waals surface area contributed by atoms with Gasteiger partial charge in [-0.1, -0.05) is 42.8 Å². The van der Waals surface area contributed by atoms with Crippen LogP contribution in [0.5, 0.6) is 11.5 Å². The summed E-state index contributed by atoms with van der Waals surface area (Å²) in [7, 11) is 0. The second-order valence-electron chi connectivity index (χ2n) is 5.79. The van der Waals surface area contributed by atoms with Crippen molar-refractivity contribution in [1.82, 2.24) is 5.32 Å². The Hall–Kier alpha value is -3.02. The van der Waals surface area contributed by atoms with E-state index in [4.69, 9.17) is 15.2 Å². The largest absolute Gasteiger partial charge is 0.461 e. The Morgan fingerprint density at radius 2 is 1.65 bits per heavy atom. The van der Waals surface area contributed by atoms with Crippen LogP contribution in [-0.4, -0.2) is 18.5 Å². The number of carbonyl (C=O) groups excluding carboxylic acids is 2. The molecule has 0 saturated heterocycles. The Bertz CT molecular complexity index is 704. The zero-order chi connectivity index (χ0) is 18.6. The average molecular weight is 356 g/mol. The first-order valence-corrected chi connectivity index (χ1v) is 8.65.